The van der Waals surface area contributed by atoms with Gasteiger partial charge in [-0.2, -0.15) is 5.26 Å². The Kier molecular flexibility index (Phi) is 2.34. The molecule has 54 valence electrons. The molecule has 0 amide bonds. The third kappa shape index (κ3) is 1.63. The molecule has 0 spiro atoms. The van der Waals surface area contributed by atoms with Crippen LogP contribution in [-0.2, 0) is 0 Å². The number of hydrogen-bond acceptors (Lipinski definition) is 3. The number of halogens is 1. The molecule has 0 saturated carbocycles. The van der Waals surface area contributed by atoms with Crippen LogP contribution in [0.15, 0.2) is 17.4 Å². The topological polar surface area (TPSA) is 49.6 Å². The van der Waals surface area contributed by atoms with Crippen molar-refractivity contribution in [1.29, 1.82) is 5.26 Å². The van der Waals surface area contributed by atoms with Crippen LogP contribution in [0.5, 0.6) is 0 Å². The number of nitrogens with zero attached hydrogens (tertiary/aromatic N) is 3. The molecule has 1 aromatic heterocycles. The smallest absolute Gasteiger partial charge is 0.173 e. The normalized spacial score (nSPS) is 8.73. The van der Waals surface area contributed by atoms with E-state index in [2.05, 4.69) is 32.5 Å². The molecule has 0 atom stereocenters. The van der Waals surface area contributed by atoms with E-state index in [0.29, 0.717) is 10.3 Å². The van der Waals surface area contributed by atoms with Crippen molar-refractivity contribution in [2.45, 2.75) is 0 Å². The van der Waals surface area contributed by atoms with Crippen molar-refractivity contribution in [2.75, 3.05) is 0 Å². The highest BCUT2D eigenvalue weighted by molar-refractivity contribution is 9.10. The maximum absolute atomic E-state index is 8.52. The van der Waals surface area contributed by atoms with Gasteiger partial charge < -0.3 is 0 Å². The summed E-state index contributed by atoms with van der Waals surface area (Å²) in [6.45, 7) is 3.51. The lowest BCUT2D eigenvalue weighted by molar-refractivity contribution is 1.11. The maximum atomic E-state index is 8.52. The largest absolute Gasteiger partial charge is 0.244 e. The zero-order valence-corrected chi connectivity index (χ0v) is 7.17. The second-order valence-electron chi connectivity index (χ2n) is 1.75. The van der Waals surface area contributed by atoms with Gasteiger partial charge in [-0.15, -0.1) is 0 Å². The Hall–Kier alpha value is -1.21. The van der Waals surface area contributed by atoms with Crippen molar-refractivity contribution >= 4 is 22.0 Å². The molecule has 0 unspecified atom stereocenters. The first-order chi connectivity index (χ1) is 5.27. The fraction of sp³-hybridized carbons (Fsp3) is 0. The predicted molar refractivity (Wildman–Crippen MR) is 44.5 cm³/mol. The zero-order chi connectivity index (χ0) is 8.27. The fourth-order valence-corrected chi connectivity index (χ4v) is 0.837. The van der Waals surface area contributed by atoms with E-state index >= 15 is 0 Å². The third-order valence-corrected chi connectivity index (χ3v) is 1.64. The van der Waals surface area contributed by atoms with Crippen molar-refractivity contribution in [3.8, 4) is 6.07 Å². The van der Waals surface area contributed by atoms with Crippen LogP contribution < -0.4 is 0 Å². The van der Waals surface area contributed by atoms with Crippen LogP contribution >= 0.6 is 15.9 Å². The van der Waals surface area contributed by atoms with Gasteiger partial charge in [-0.05, 0) is 22.0 Å². The zero-order valence-electron chi connectivity index (χ0n) is 5.58. The van der Waals surface area contributed by atoms with Crippen molar-refractivity contribution in [2.24, 2.45) is 0 Å². The molecular weight excluding hydrogens is 206 g/mol. The first-order valence-corrected chi connectivity index (χ1v) is 3.62. The van der Waals surface area contributed by atoms with Crippen LogP contribution in [-0.4, -0.2) is 9.97 Å². The van der Waals surface area contributed by atoms with Crippen LogP contribution in [0.3, 0.4) is 0 Å². The number of aromatic nitrogens is 2. The minimum atomic E-state index is 0.280. The molecule has 1 heterocycles. The lowest BCUT2D eigenvalue weighted by Gasteiger charge is -1.93. The summed E-state index contributed by atoms with van der Waals surface area (Å²) in [6, 6.07) is 1.90. The summed E-state index contributed by atoms with van der Waals surface area (Å²) in [4.78, 5) is 7.80. The van der Waals surface area contributed by atoms with Gasteiger partial charge in [0.1, 0.15) is 10.7 Å². The average Bonchev–Trinajstić information content (AvgIpc) is 2.05. The van der Waals surface area contributed by atoms with Gasteiger partial charge in [-0.1, -0.05) is 6.58 Å². The van der Waals surface area contributed by atoms with Gasteiger partial charge in [0.15, 0.2) is 5.69 Å². The van der Waals surface area contributed by atoms with Crippen LogP contribution in [0.4, 0.5) is 0 Å². The second-order valence-corrected chi connectivity index (χ2v) is 2.50. The predicted octanol–water partition coefficient (Wildman–Crippen LogP) is 1.75. The van der Waals surface area contributed by atoms with E-state index in [1.54, 1.807) is 6.08 Å². The molecule has 0 aliphatic rings. The molecule has 0 radical (unpaired) electrons. The van der Waals surface area contributed by atoms with Crippen LogP contribution in [0.25, 0.3) is 6.08 Å². The summed E-state index contributed by atoms with van der Waals surface area (Å²) in [6.07, 6.45) is 3.08. The van der Waals surface area contributed by atoms with E-state index in [4.69, 9.17) is 5.26 Å². The molecule has 0 fully saturated rings. The molecule has 0 aliphatic heterocycles. The van der Waals surface area contributed by atoms with Gasteiger partial charge in [-0.3, -0.25) is 0 Å². The molecule has 0 bridgehead atoms. The molecule has 1 rings (SSSR count). The summed E-state index contributed by atoms with van der Waals surface area (Å²) < 4.78 is 0.464. The van der Waals surface area contributed by atoms with Gasteiger partial charge in [0.2, 0.25) is 0 Å². The Morgan fingerprint density at radius 3 is 3.00 bits per heavy atom. The fourth-order valence-electron chi connectivity index (χ4n) is 0.558. The summed E-state index contributed by atoms with van der Waals surface area (Å²) in [7, 11) is 0. The highest BCUT2D eigenvalue weighted by atomic mass is 79.9. The van der Waals surface area contributed by atoms with Crippen molar-refractivity contribution < 1.29 is 0 Å². The van der Waals surface area contributed by atoms with E-state index in [1.807, 2.05) is 6.07 Å². The molecule has 0 aromatic carbocycles. The Morgan fingerprint density at radius 1 is 1.73 bits per heavy atom. The molecule has 11 heavy (non-hydrogen) atoms. The summed E-state index contributed by atoms with van der Waals surface area (Å²) in [5, 5.41) is 8.52. The molecule has 3 nitrogen and oxygen atoms in total. The van der Waals surface area contributed by atoms with E-state index in [-0.39, 0.29) is 5.69 Å². The molecule has 0 saturated heterocycles. The van der Waals surface area contributed by atoms with Crippen molar-refractivity contribution in [3.63, 3.8) is 0 Å². The van der Waals surface area contributed by atoms with E-state index in [9.17, 15) is 0 Å². The van der Waals surface area contributed by atoms with Crippen LogP contribution in [0.1, 0.15) is 11.4 Å². The Morgan fingerprint density at radius 2 is 2.45 bits per heavy atom. The first-order valence-electron chi connectivity index (χ1n) is 2.83. The average molecular weight is 210 g/mol. The quantitative estimate of drug-likeness (QED) is 0.709. The highest BCUT2D eigenvalue weighted by Gasteiger charge is 2.00. The number of hydrogen-bond donors (Lipinski definition) is 0. The van der Waals surface area contributed by atoms with Crippen LogP contribution in [0.2, 0.25) is 0 Å². The maximum Gasteiger partial charge on any atom is 0.173 e. The second kappa shape index (κ2) is 3.26. The van der Waals surface area contributed by atoms with Crippen LogP contribution in [0, 0.1) is 11.3 Å². The third-order valence-electron chi connectivity index (χ3n) is 1.06. The highest BCUT2D eigenvalue weighted by Crippen LogP contribution is 2.10. The Labute approximate surface area is 72.5 Å². The Balaban J connectivity index is 3.25. The summed E-state index contributed by atoms with van der Waals surface area (Å²) >= 11 is 3.09. The molecule has 4 heteroatoms. The lowest BCUT2D eigenvalue weighted by Crippen LogP contribution is -1.90. The van der Waals surface area contributed by atoms with Gasteiger partial charge in [0, 0.05) is 0 Å². The van der Waals surface area contributed by atoms with E-state index in [1.165, 1.54) is 6.20 Å². The minimum Gasteiger partial charge on any atom is -0.244 e. The van der Waals surface area contributed by atoms with Gasteiger partial charge >= 0.3 is 0 Å². The Bertz CT molecular complexity index is 327. The first kappa shape index (κ1) is 7.89. The monoisotopic (exact) mass is 209 g/mol. The minimum absolute atomic E-state index is 0.280. The standard InChI is InChI=1S/C7H4BrN3/c1-2-5-4-10-7(8)6(3-9)11-5/h2,4H,1H2. The lowest BCUT2D eigenvalue weighted by atomic mass is 10.4. The van der Waals surface area contributed by atoms with Gasteiger partial charge in [0.05, 0.1) is 11.9 Å². The summed E-state index contributed by atoms with van der Waals surface area (Å²) in [5.74, 6) is 0. The summed E-state index contributed by atoms with van der Waals surface area (Å²) in [5.41, 5.74) is 0.882. The molecule has 0 aliphatic carbocycles. The van der Waals surface area contributed by atoms with Crippen molar-refractivity contribution in [3.05, 3.63) is 28.8 Å². The SMILES string of the molecule is C=Cc1cnc(Br)c(C#N)n1. The number of rotatable bonds is 1. The van der Waals surface area contributed by atoms with Gasteiger partial charge in [0.25, 0.3) is 0 Å². The van der Waals surface area contributed by atoms with E-state index < -0.39 is 0 Å². The van der Waals surface area contributed by atoms with Gasteiger partial charge in [-0.25, -0.2) is 9.97 Å². The molecule has 1 aromatic rings. The van der Waals surface area contributed by atoms with Crippen molar-refractivity contribution in [1.82, 2.24) is 9.97 Å². The number of nitriles is 1. The molecular formula is C7H4BrN3. The van der Waals surface area contributed by atoms with E-state index in [0.717, 1.165) is 0 Å². The molecule has 0 N–H and O–H groups in total.